The molecule has 0 spiro atoms. The van der Waals surface area contributed by atoms with Crippen LogP contribution in [0.1, 0.15) is 47.6 Å². The zero-order valence-electron chi connectivity index (χ0n) is 17.1. The van der Waals surface area contributed by atoms with Gasteiger partial charge in [-0.2, -0.15) is 0 Å². The van der Waals surface area contributed by atoms with Gasteiger partial charge in [-0.15, -0.1) is 0 Å². The summed E-state index contributed by atoms with van der Waals surface area (Å²) in [6.45, 7) is 4.63. The molecule has 1 aromatic carbocycles. The number of rotatable bonds is 5. The van der Waals surface area contributed by atoms with E-state index < -0.39 is 0 Å². The summed E-state index contributed by atoms with van der Waals surface area (Å²) in [5, 5.41) is 3.97. The number of para-hydroxylation sites is 1. The quantitative estimate of drug-likeness (QED) is 0.685. The molecule has 0 bridgehead atoms. The number of amides is 1. The molecule has 0 saturated carbocycles. The Morgan fingerprint density at radius 2 is 2.14 bits per heavy atom. The standard InChI is InChI=1S/C24H26N2O3/c1-15-11-17(13-18-7-6-10-29-18)23-20(12-15)22(24(27)25-16(2)14-28-3)19-8-4-5-9-21(19)26-23/h4-10,13,15-16H,11-12,14H2,1-3H3,(H,25,27)/b17-13+. The number of furan rings is 1. The van der Waals surface area contributed by atoms with Crippen molar-refractivity contribution >= 4 is 28.5 Å². The summed E-state index contributed by atoms with van der Waals surface area (Å²) < 4.78 is 10.7. The Morgan fingerprint density at radius 3 is 2.90 bits per heavy atom. The number of benzene rings is 1. The smallest absolute Gasteiger partial charge is 0.252 e. The molecule has 4 rings (SSSR count). The van der Waals surface area contributed by atoms with Crippen LogP contribution in [0, 0.1) is 5.92 Å². The summed E-state index contributed by atoms with van der Waals surface area (Å²) >= 11 is 0. The minimum atomic E-state index is -0.0748. The van der Waals surface area contributed by atoms with Crippen molar-refractivity contribution in [2.75, 3.05) is 13.7 Å². The lowest BCUT2D eigenvalue weighted by atomic mass is 9.80. The molecule has 5 heteroatoms. The molecule has 150 valence electrons. The summed E-state index contributed by atoms with van der Waals surface area (Å²) in [6.07, 6.45) is 5.44. The van der Waals surface area contributed by atoms with Gasteiger partial charge in [-0.25, -0.2) is 4.98 Å². The zero-order chi connectivity index (χ0) is 20.4. The molecular formula is C24H26N2O3. The Kier molecular flexibility index (Phi) is 5.49. The van der Waals surface area contributed by atoms with Gasteiger partial charge < -0.3 is 14.5 Å². The van der Waals surface area contributed by atoms with E-state index in [1.807, 2.05) is 49.4 Å². The third-order valence-electron chi connectivity index (χ3n) is 5.30. The Balaban J connectivity index is 1.89. The Labute approximate surface area is 170 Å². The molecule has 0 aliphatic heterocycles. The van der Waals surface area contributed by atoms with Crippen LogP contribution >= 0.6 is 0 Å². The van der Waals surface area contributed by atoms with E-state index in [-0.39, 0.29) is 11.9 Å². The Hall–Kier alpha value is -2.92. The van der Waals surface area contributed by atoms with Gasteiger partial charge in [0.2, 0.25) is 0 Å². The molecular weight excluding hydrogens is 364 g/mol. The lowest BCUT2D eigenvalue weighted by Gasteiger charge is -2.27. The van der Waals surface area contributed by atoms with Crippen molar-refractivity contribution in [1.82, 2.24) is 10.3 Å². The number of methoxy groups -OCH3 is 1. The highest BCUT2D eigenvalue weighted by molar-refractivity contribution is 6.09. The molecule has 0 saturated heterocycles. The molecule has 1 aliphatic rings. The van der Waals surface area contributed by atoms with Crippen molar-refractivity contribution in [2.45, 2.75) is 32.7 Å². The molecule has 1 aliphatic carbocycles. The number of nitrogens with one attached hydrogen (secondary N) is 1. The average molecular weight is 390 g/mol. The number of carbonyl (C=O) groups is 1. The normalized spacial score (nSPS) is 18.6. The molecule has 29 heavy (non-hydrogen) atoms. The van der Waals surface area contributed by atoms with E-state index in [1.54, 1.807) is 13.4 Å². The van der Waals surface area contributed by atoms with E-state index in [2.05, 4.69) is 12.2 Å². The van der Waals surface area contributed by atoms with E-state index in [0.29, 0.717) is 12.5 Å². The summed E-state index contributed by atoms with van der Waals surface area (Å²) in [4.78, 5) is 18.3. The molecule has 1 amide bonds. The van der Waals surface area contributed by atoms with Gasteiger partial charge in [0, 0.05) is 18.5 Å². The summed E-state index contributed by atoms with van der Waals surface area (Å²) in [6, 6.07) is 11.6. The van der Waals surface area contributed by atoms with Gasteiger partial charge in [0.05, 0.1) is 29.6 Å². The van der Waals surface area contributed by atoms with E-state index in [9.17, 15) is 4.79 Å². The van der Waals surface area contributed by atoms with E-state index in [1.165, 1.54) is 0 Å². The average Bonchev–Trinajstić information content (AvgIpc) is 3.19. The van der Waals surface area contributed by atoms with Crippen LogP contribution in [0.3, 0.4) is 0 Å². The molecule has 2 heterocycles. The van der Waals surface area contributed by atoms with Crippen LogP contribution in [0.25, 0.3) is 22.6 Å². The number of fused-ring (bicyclic) bond motifs is 2. The highest BCUT2D eigenvalue weighted by Crippen LogP contribution is 2.38. The van der Waals surface area contributed by atoms with Crippen LogP contribution < -0.4 is 5.32 Å². The maximum absolute atomic E-state index is 13.3. The van der Waals surface area contributed by atoms with Gasteiger partial charge in [0.25, 0.3) is 5.91 Å². The SMILES string of the molecule is COCC(C)NC(=O)c1c2c(nc3ccccc13)/C(=C/c1ccco1)CC(C)C2. The first-order chi connectivity index (χ1) is 14.1. The van der Waals surface area contributed by atoms with Crippen LogP contribution in [0.5, 0.6) is 0 Å². The maximum atomic E-state index is 13.3. The summed E-state index contributed by atoms with van der Waals surface area (Å²) in [5.41, 5.74) is 4.59. The van der Waals surface area contributed by atoms with Gasteiger partial charge in [0.1, 0.15) is 5.76 Å². The number of allylic oxidation sites excluding steroid dienone is 1. The molecule has 2 aromatic heterocycles. The molecule has 1 N–H and O–H groups in total. The van der Waals surface area contributed by atoms with Crippen LogP contribution in [-0.4, -0.2) is 30.6 Å². The van der Waals surface area contributed by atoms with Crippen molar-refractivity contribution < 1.29 is 13.9 Å². The number of hydrogen-bond acceptors (Lipinski definition) is 4. The number of pyridine rings is 1. The minimum Gasteiger partial charge on any atom is -0.465 e. The monoisotopic (exact) mass is 390 g/mol. The highest BCUT2D eigenvalue weighted by Gasteiger charge is 2.28. The van der Waals surface area contributed by atoms with Crippen LogP contribution in [0.2, 0.25) is 0 Å². The second kappa shape index (κ2) is 8.21. The fourth-order valence-electron chi connectivity index (χ4n) is 4.13. The van der Waals surface area contributed by atoms with Crippen LogP contribution in [-0.2, 0) is 11.2 Å². The highest BCUT2D eigenvalue weighted by atomic mass is 16.5. The van der Waals surface area contributed by atoms with Crippen molar-refractivity contribution in [2.24, 2.45) is 5.92 Å². The second-order valence-electron chi connectivity index (χ2n) is 7.86. The molecule has 0 fully saturated rings. The lowest BCUT2D eigenvalue weighted by molar-refractivity contribution is 0.0906. The maximum Gasteiger partial charge on any atom is 0.252 e. The molecule has 2 atom stereocenters. The predicted octanol–water partition coefficient (Wildman–Crippen LogP) is 4.72. The van der Waals surface area contributed by atoms with Gasteiger partial charge in [-0.05, 0) is 61.1 Å². The van der Waals surface area contributed by atoms with Gasteiger partial charge >= 0.3 is 0 Å². The Morgan fingerprint density at radius 1 is 1.31 bits per heavy atom. The third-order valence-corrected chi connectivity index (χ3v) is 5.30. The van der Waals surface area contributed by atoms with E-state index in [4.69, 9.17) is 14.1 Å². The molecule has 0 radical (unpaired) electrons. The summed E-state index contributed by atoms with van der Waals surface area (Å²) in [5.74, 6) is 1.14. The molecule has 5 nitrogen and oxygen atoms in total. The predicted molar refractivity (Wildman–Crippen MR) is 115 cm³/mol. The first-order valence-electron chi connectivity index (χ1n) is 10.0. The molecule has 2 unspecified atom stereocenters. The van der Waals surface area contributed by atoms with Crippen molar-refractivity contribution in [3.05, 3.63) is 65.2 Å². The van der Waals surface area contributed by atoms with Crippen molar-refractivity contribution in [3.8, 4) is 0 Å². The first kappa shape index (κ1) is 19.4. The minimum absolute atomic E-state index is 0.0733. The fraction of sp³-hybridized carbons (Fsp3) is 0.333. The fourth-order valence-corrected chi connectivity index (χ4v) is 4.13. The number of aromatic nitrogens is 1. The van der Waals surface area contributed by atoms with Crippen LogP contribution in [0.4, 0.5) is 0 Å². The summed E-state index contributed by atoms with van der Waals surface area (Å²) in [7, 11) is 1.64. The van der Waals surface area contributed by atoms with Gasteiger partial charge in [-0.1, -0.05) is 25.1 Å². The van der Waals surface area contributed by atoms with Crippen LogP contribution in [0.15, 0.2) is 47.1 Å². The van der Waals surface area contributed by atoms with E-state index in [0.717, 1.165) is 51.9 Å². The van der Waals surface area contributed by atoms with E-state index >= 15 is 0 Å². The second-order valence-corrected chi connectivity index (χ2v) is 7.86. The topological polar surface area (TPSA) is 64.4 Å². The largest absolute Gasteiger partial charge is 0.465 e. The Bertz CT molecular complexity index is 1050. The molecule has 3 aromatic rings. The van der Waals surface area contributed by atoms with Gasteiger partial charge in [0.15, 0.2) is 0 Å². The number of carbonyl (C=O) groups excluding carboxylic acids is 1. The van der Waals surface area contributed by atoms with Crippen molar-refractivity contribution in [3.63, 3.8) is 0 Å². The zero-order valence-corrected chi connectivity index (χ0v) is 17.1. The van der Waals surface area contributed by atoms with Crippen molar-refractivity contribution in [1.29, 1.82) is 0 Å². The third kappa shape index (κ3) is 3.96. The lowest BCUT2D eigenvalue weighted by Crippen LogP contribution is -2.36. The number of hydrogen-bond donors (Lipinski definition) is 1. The first-order valence-corrected chi connectivity index (χ1v) is 10.0. The van der Waals surface area contributed by atoms with Gasteiger partial charge in [-0.3, -0.25) is 4.79 Å². The number of ether oxygens (including phenoxy) is 1. The number of nitrogens with zero attached hydrogens (tertiary/aromatic N) is 1.